The Morgan fingerprint density at radius 2 is 1.29 bits per heavy atom. The molecule has 0 bridgehead atoms. The fraction of sp³-hybridized carbons (Fsp3) is 0.400. The molecule has 8 radical (unpaired) electrons. The molecule has 1 aromatic rings. The van der Waals surface area contributed by atoms with Crippen LogP contribution in [0, 0.1) is 6.92 Å². The monoisotopic (exact) mass is 174 g/mol. The molecule has 0 saturated heterocycles. The smallest absolute Gasteiger partial charge is 0.110 e. The summed E-state index contributed by atoms with van der Waals surface area (Å²) in [6, 6.07) is 0. The Morgan fingerprint density at radius 1 is 0.786 bits per heavy atom. The summed E-state index contributed by atoms with van der Waals surface area (Å²) >= 11 is 0. The van der Waals surface area contributed by atoms with E-state index in [1.165, 1.54) is 0 Å². The number of hydrogen-bond acceptors (Lipinski definition) is 0. The Bertz CT molecular complexity index is 340. The molecule has 4 heteroatoms. The molecule has 1 aromatic carbocycles. The van der Waals surface area contributed by atoms with E-state index in [4.69, 9.17) is 31.4 Å². The second-order valence-corrected chi connectivity index (χ2v) is 3.85. The highest BCUT2D eigenvalue weighted by Gasteiger charge is 2.12. The molecular weight excluding hydrogens is 163 g/mol. The summed E-state index contributed by atoms with van der Waals surface area (Å²) < 4.78 is 0. The molecule has 0 atom stereocenters. The van der Waals surface area contributed by atoms with Crippen molar-refractivity contribution in [2.45, 2.75) is 26.7 Å². The largest absolute Gasteiger partial charge is 0.114 e. The maximum atomic E-state index is 5.94. The molecule has 0 aliphatic carbocycles. The maximum absolute atomic E-state index is 5.94. The molecule has 0 nitrogen and oxygen atoms in total. The zero-order chi connectivity index (χ0) is 11.0. The van der Waals surface area contributed by atoms with Crippen LogP contribution < -0.4 is 21.9 Å². The molecule has 0 aliphatic rings. The van der Waals surface area contributed by atoms with Crippen molar-refractivity contribution in [2.24, 2.45) is 0 Å². The van der Waals surface area contributed by atoms with E-state index in [1.54, 1.807) is 0 Å². The number of rotatable bonds is 1. The third-order valence-electron chi connectivity index (χ3n) is 2.55. The first-order chi connectivity index (χ1) is 6.37. The van der Waals surface area contributed by atoms with Crippen LogP contribution in [0.25, 0.3) is 0 Å². The van der Waals surface area contributed by atoms with Crippen molar-refractivity contribution >= 4 is 53.2 Å². The van der Waals surface area contributed by atoms with Crippen LogP contribution in [0.2, 0.25) is 0 Å². The van der Waals surface area contributed by atoms with Crippen LogP contribution in [-0.2, 0) is 0 Å². The highest BCUT2D eigenvalue weighted by molar-refractivity contribution is 6.60. The summed E-state index contributed by atoms with van der Waals surface area (Å²) in [7, 11) is 23.4. The SMILES string of the molecule is [B]c1c([B])c(C)c([B])c(C(C)C)c1[B]. The molecule has 0 N–H and O–H groups in total. The van der Waals surface area contributed by atoms with Gasteiger partial charge >= 0.3 is 0 Å². The third kappa shape index (κ3) is 1.67. The van der Waals surface area contributed by atoms with Gasteiger partial charge in [0, 0.05) is 0 Å². The Kier molecular flexibility index (Phi) is 3.24. The van der Waals surface area contributed by atoms with Crippen molar-refractivity contribution in [3.8, 4) is 0 Å². The van der Waals surface area contributed by atoms with Gasteiger partial charge in [0.25, 0.3) is 0 Å². The molecule has 62 valence electrons. The predicted molar refractivity (Wildman–Crippen MR) is 66.8 cm³/mol. The van der Waals surface area contributed by atoms with E-state index in [2.05, 4.69) is 0 Å². The molecule has 14 heavy (non-hydrogen) atoms. The first-order valence-electron chi connectivity index (χ1n) is 4.60. The van der Waals surface area contributed by atoms with Gasteiger partial charge in [-0.15, -0.1) is 16.4 Å². The van der Waals surface area contributed by atoms with Gasteiger partial charge in [-0.25, -0.2) is 0 Å². The molecule has 0 aromatic heterocycles. The summed E-state index contributed by atoms with van der Waals surface area (Å²) in [4.78, 5) is 0. The minimum atomic E-state index is 0.247. The number of hydrogen-bond donors (Lipinski definition) is 0. The van der Waals surface area contributed by atoms with Crippen LogP contribution in [0.1, 0.15) is 30.9 Å². The van der Waals surface area contributed by atoms with Gasteiger partial charge in [0.05, 0.1) is 0 Å². The van der Waals surface area contributed by atoms with Gasteiger partial charge in [0.1, 0.15) is 31.4 Å². The first kappa shape index (κ1) is 11.6. The Hall–Kier alpha value is -0.520. The zero-order valence-electron chi connectivity index (χ0n) is 8.89. The normalized spacial score (nSPS) is 10.9. The second kappa shape index (κ2) is 3.92. The standard InChI is InChI=1S/C10H10B4/c1-4(2)6-7(11)5(3)8(12)10(14)9(6)13/h4H,1-3H3. The quantitative estimate of drug-likeness (QED) is 0.444. The molecule has 0 saturated carbocycles. The molecule has 0 heterocycles. The van der Waals surface area contributed by atoms with Crippen LogP contribution in [0.3, 0.4) is 0 Å². The van der Waals surface area contributed by atoms with Gasteiger partial charge in [-0.1, -0.05) is 30.4 Å². The highest BCUT2D eigenvalue weighted by Crippen LogP contribution is 2.07. The number of benzene rings is 1. The van der Waals surface area contributed by atoms with Crippen molar-refractivity contribution in [1.29, 1.82) is 0 Å². The van der Waals surface area contributed by atoms with Crippen LogP contribution >= 0.6 is 0 Å². The lowest BCUT2D eigenvalue weighted by atomic mass is 9.63. The molecular formula is C10H10B4. The molecule has 1 rings (SSSR count). The molecule has 0 spiro atoms. The lowest BCUT2D eigenvalue weighted by Crippen LogP contribution is -2.48. The van der Waals surface area contributed by atoms with Crippen molar-refractivity contribution in [2.75, 3.05) is 0 Å². The van der Waals surface area contributed by atoms with Crippen molar-refractivity contribution < 1.29 is 0 Å². The summed E-state index contributed by atoms with van der Waals surface area (Å²) in [5, 5.41) is 0. The summed E-state index contributed by atoms with van der Waals surface area (Å²) in [6.45, 7) is 5.90. The lowest BCUT2D eigenvalue weighted by molar-refractivity contribution is 0.880. The highest BCUT2D eigenvalue weighted by atomic mass is 14.1. The average Bonchev–Trinajstić information content (AvgIpc) is 2.11. The topological polar surface area (TPSA) is 0 Å². The van der Waals surface area contributed by atoms with E-state index in [-0.39, 0.29) is 5.92 Å². The minimum absolute atomic E-state index is 0.247. The summed E-state index contributed by atoms with van der Waals surface area (Å²) in [5.41, 5.74) is 3.82. The fourth-order valence-electron chi connectivity index (χ4n) is 1.61. The van der Waals surface area contributed by atoms with Crippen LogP contribution in [0.15, 0.2) is 0 Å². The van der Waals surface area contributed by atoms with Crippen molar-refractivity contribution in [3.05, 3.63) is 11.1 Å². The van der Waals surface area contributed by atoms with Crippen molar-refractivity contribution in [1.82, 2.24) is 0 Å². The van der Waals surface area contributed by atoms with E-state index in [0.717, 1.165) is 11.1 Å². The van der Waals surface area contributed by atoms with Crippen LogP contribution in [0.5, 0.6) is 0 Å². The molecule has 0 amide bonds. The lowest BCUT2D eigenvalue weighted by Gasteiger charge is -2.22. The Labute approximate surface area is 91.5 Å². The zero-order valence-corrected chi connectivity index (χ0v) is 8.89. The van der Waals surface area contributed by atoms with Gasteiger partial charge in [-0.05, 0) is 12.8 Å². The van der Waals surface area contributed by atoms with E-state index >= 15 is 0 Å². The molecule has 0 aliphatic heterocycles. The van der Waals surface area contributed by atoms with Gasteiger partial charge < -0.3 is 0 Å². The minimum Gasteiger partial charge on any atom is -0.110 e. The maximum Gasteiger partial charge on any atom is 0.114 e. The fourth-order valence-corrected chi connectivity index (χ4v) is 1.61. The Morgan fingerprint density at radius 3 is 1.71 bits per heavy atom. The van der Waals surface area contributed by atoms with E-state index in [1.807, 2.05) is 20.8 Å². The Balaban J connectivity index is 3.60. The summed E-state index contributed by atoms with van der Waals surface area (Å²) in [6.07, 6.45) is 0. The predicted octanol–water partition coefficient (Wildman–Crippen LogP) is -1.71. The van der Waals surface area contributed by atoms with E-state index < -0.39 is 0 Å². The van der Waals surface area contributed by atoms with E-state index in [0.29, 0.717) is 21.9 Å². The van der Waals surface area contributed by atoms with Crippen LogP contribution in [-0.4, -0.2) is 31.4 Å². The average molecular weight is 173 g/mol. The van der Waals surface area contributed by atoms with Gasteiger partial charge in [0.2, 0.25) is 0 Å². The van der Waals surface area contributed by atoms with Gasteiger partial charge in [-0.3, -0.25) is 0 Å². The van der Waals surface area contributed by atoms with Crippen molar-refractivity contribution in [3.63, 3.8) is 0 Å². The van der Waals surface area contributed by atoms with Gasteiger partial charge in [-0.2, -0.15) is 0 Å². The first-order valence-corrected chi connectivity index (χ1v) is 4.60. The summed E-state index contributed by atoms with van der Waals surface area (Å²) in [5.74, 6) is 0.247. The van der Waals surface area contributed by atoms with Crippen LogP contribution in [0.4, 0.5) is 0 Å². The van der Waals surface area contributed by atoms with E-state index in [9.17, 15) is 0 Å². The third-order valence-corrected chi connectivity index (χ3v) is 2.55. The second-order valence-electron chi connectivity index (χ2n) is 3.85. The molecule has 0 unspecified atom stereocenters. The van der Waals surface area contributed by atoms with Gasteiger partial charge in [0.15, 0.2) is 0 Å². The molecule has 0 fully saturated rings.